The van der Waals surface area contributed by atoms with Gasteiger partial charge in [-0.3, -0.25) is 4.98 Å². The molecule has 1 N–H and O–H groups in total. The van der Waals surface area contributed by atoms with Crippen LogP contribution in [0.25, 0.3) is 0 Å². The zero-order chi connectivity index (χ0) is 14.4. The van der Waals surface area contributed by atoms with E-state index in [1.807, 2.05) is 12.3 Å². The summed E-state index contributed by atoms with van der Waals surface area (Å²) >= 11 is 0. The molecule has 0 bridgehead atoms. The van der Waals surface area contributed by atoms with Gasteiger partial charge in [-0.05, 0) is 30.2 Å². The van der Waals surface area contributed by atoms with Gasteiger partial charge in [0.25, 0.3) is 0 Å². The Bertz CT molecular complexity index is 537. The molecule has 0 aliphatic carbocycles. The third-order valence-corrected chi connectivity index (χ3v) is 3.48. The number of aryl methyl sites for hydroxylation is 1. The van der Waals surface area contributed by atoms with E-state index < -0.39 is 0 Å². The number of nitrogens with one attached hydrogen (secondary N) is 1. The molecular formula is C17H22N2O. The van der Waals surface area contributed by atoms with Gasteiger partial charge in [0, 0.05) is 11.8 Å². The first-order valence-electron chi connectivity index (χ1n) is 7.10. The maximum Gasteiger partial charge on any atom is 0.142 e. The summed E-state index contributed by atoms with van der Waals surface area (Å²) in [4.78, 5) is 4.13. The van der Waals surface area contributed by atoms with Gasteiger partial charge in [-0.1, -0.05) is 38.1 Å². The van der Waals surface area contributed by atoms with Crippen molar-refractivity contribution < 1.29 is 4.74 Å². The standard InChI is InChI=1S/C17H22N2O/c1-4-13-6-8-14(9-7-13)17(19-5-2)15-10-11-18-12-16(15)20-3/h6-12,17,19H,4-5H2,1-3H3. The molecule has 2 aromatic rings. The minimum Gasteiger partial charge on any atom is -0.495 e. The van der Waals surface area contributed by atoms with Gasteiger partial charge >= 0.3 is 0 Å². The Morgan fingerprint density at radius 3 is 2.50 bits per heavy atom. The fourth-order valence-corrected chi connectivity index (χ4v) is 2.36. The summed E-state index contributed by atoms with van der Waals surface area (Å²) in [6, 6.07) is 10.9. The summed E-state index contributed by atoms with van der Waals surface area (Å²) in [5.74, 6) is 0.818. The van der Waals surface area contributed by atoms with E-state index >= 15 is 0 Å². The molecule has 0 fully saturated rings. The highest BCUT2D eigenvalue weighted by atomic mass is 16.5. The molecule has 3 nitrogen and oxygen atoms in total. The van der Waals surface area contributed by atoms with Crippen LogP contribution in [0.4, 0.5) is 0 Å². The molecular weight excluding hydrogens is 248 g/mol. The molecule has 20 heavy (non-hydrogen) atoms. The van der Waals surface area contributed by atoms with Crippen LogP contribution in [0.1, 0.15) is 36.6 Å². The van der Waals surface area contributed by atoms with Gasteiger partial charge in [0.05, 0.1) is 19.3 Å². The Labute approximate surface area is 121 Å². The number of hydrogen-bond donors (Lipinski definition) is 1. The van der Waals surface area contributed by atoms with Crippen LogP contribution in [-0.2, 0) is 6.42 Å². The molecule has 1 atom stereocenters. The first-order chi connectivity index (χ1) is 9.80. The van der Waals surface area contributed by atoms with Crippen molar-refractivity contribution in [2.45, 2.75) is 26.3 Å². The van der Waals surface area contributed by atoms with Crippen molar-refractivity contribution in [2.24, 2.45) is 0 Å². The van der Waals surface area contributed by atoms with Crippen molar-refractivity contribution in [3.8, 4) is 5.75 Å². The van der Waals surface area contributed by atoms with Gasteiger partial charge in [0.1, 0.15) is 5.75 Å². The largest absolute Gasteiger partial charge is 0.495 e. The SMILES string of the molecule is CCNC(c1ccc(CC)cc1)c1ccncc1OC. The summed E-state index contributed by atoms with van der Waals surface area (Å²) < 4.78 is 5.44. The number of methoxy groups -OCH3 is 1. The molecule has 1 unspecified atom stereocenters. The van der Waals surface area contributed by atoms with Crippen LogP contribution < -0.4 is 10.1 Å². The van der Waals surface area contributed by atoms with E-state index in [-0.39, 0.29) is 6.04 Å². The van der Waals surface area contributed by atoms with Crippen molar-refractivity contribution in [1.29, 1.82) is 0 Å². The Morgan fingerprint density at radius 1 is 1.15 bits per heavy atom. The first-order valence-corrected chi connectivity index (χ1v) is 7.10. The number of pyridine rings is 1. The van der Waals surface area contributed by atoms with Crippen LogP contribution >= 0.6 is 0 Å². The quantitative estimate of drug-likeness (QED) is 0.874. The minimum atomic E-state index is 0.129. The van der Waals surface area contributed by atoms with Crippen molar-refractivity contribution in [1.82, 2.24) is 10.3 Å². The fraction of sp³-hybridized carbons (Fsp3) is 0.353. The van der Waals surface area contributed by atoms with Crippen LogP contribution in [-0.4, -0.2) is 18.6 Å². The number of hydrogen-bond acceptors (Lipinski definition) is 3. The number of aromatic nitrogens is 1. The summed E-state index contributed by atoms with van der Waals surface area (Å²) in [6.45, 7) is 5.18. The molecule has 0 amide bonds. The number of rotatable bonds is 6. The molecule has 1 heterocycles. The van der Waals surface area contributed by atoms with Crippen molar-refractivity contribution >= 4 is 0 Å². The Morgan fingerprint density at radius 2 is 1.90 bits per heavy atom. The van der Waals surface area contributed by atoms with Gasteiger partial charge < -0.3 is 10.1 Å². The Kier molecular flexibility index (Phi) is 5.13. The lowest BCUT2D eigenvalue weighted by Gasteiger charge is -2.21. The molecule has 0 aliphatic heterocycles. The molecule has 0 saturated heterocycles. The monoisotopic (exact) mass is 270 g/mol. The number of ether oxygens (including phenoxy) is 1. The van der Waals surface area contributed by atoms with Gasteiger partial charge in [-0.2, -0.15) is 0 Å². The average Bonchev–Trinajstić information content (AvgIpc) is 2.53. The lowest BCUT2D eigenvalue weighted by atomic mass is 9.97. The van der Waals surface area contributed by atoms with Crippen LogP contribution in [0.5, 0.6) is 5.75 Å². The second-order valence-corrected chi connectivity index (χ2v) is 4.70. The van der Waals surface area contributed by atoms with Crippen molar-refractivity contribution in [3.05, 3.63) is 59.4 Å². The normalized spacial score (nSPS) is 12.2. The molecule has 0 aliphatic rings. The zero-order valence-electron chi connectivity index (χ0n) is 12.4. The topological polar surface area (TPSA) is 34.2 Å². The van der Waals surface area contributed by atoms with Crippen LogP contribution in [0.3, 0.4) is 0 Å². The van der Waals surface area contributed by atoms with Gasteiger partial charge in [0.2, 0.25) is 0 Å². The lowest BCUT2D eigenvalue weighted by Crippen LogP contribution is -2.22. The smallest absolute Gasteiger partial charge is 0.142 e. The molecule has 0 radical (unpaired) electrons. The molecule has 0 saturated carbocycles. The predicted octanol–water partition coefficient (Wildman–Crippen LogP) is 3.35. The number of nitrogens with zero attached hydrogens (tertiary/aromatic N) is 1. The molecule has 2 rings (SSSR count). The Hall–Kier alpha value is -1.87. The van der Waals surface area contributed by atoms with E-state index in [2.05, 4.69) is 48.4 Å². The van der Waals surface area contributed by atoms with Crippen LogP contribution in [0, 0.1) is 0 Å². The molecule has 3 heteroatoms. The van der Waals surface area contributed by atoms with Gasteiger partial charge in [-0.15, -0.1) is 0 Å². The second-order valence-electron chi connectivity index (χ2n) is 4.70. The molecule has 1 aromatic heterocycles. The van der Waals surface area contributed by atoms with Crippen LogP contribution in [0.15, 0.2) is 42.7 Å². The van der Waals surface area contributed by atoms with E-state index in [4.69, 9.17) is 4.74 Å². The third-order valence-electron chi connectivity index (χ3n) is 3.48. The maximum atomic E-state index is 5.44. The average molecular weight is 270 g/mol. The van der Waals surface area contributed by atoms with Gasteiger partial charge in [0.15, 0.2) is 0 Å². The lowest BCUT2D eigenvalue weighted by molar-refractivity contribution is 0.402. The summed E-state index contributed by atoms with van der Waals surface area (Å²) in [5, 5.41) is 3.52. The molecule has 106 valence electrons. The van der Waals surface area contributed by atoms with Gasteiger partial charge in [-0.25, -0.2) is 0 Å². The van der Waals surface area contributed by atoms with Crippen LogP contribution in [0.2, 0.25) is 0 Å². The van der Waals surface area contributed by atoms with E-state index in [1.54, 1.807) is 13.3 Å². The van der Waals surface area contributed by atoms with Crippen molar-refractivity contribution in [3.63, 3.8) is 0 Å². The summed E-state index contributed by atoms with van der Waals surface area (Å²) in [7, 11) is 1.68. The Balaban J connectivity index is 2.39. The fourth-order valence-electron chi connectivity index (χ4n) is 2.36. The minimum absolute atomic E-state index is 0.129. The van der Waals surface area contributed by atoms with E-state index in [0.717, 1.165) is 24.3 Å². The first kappa shape index (κ1) is 14.5. The predicted molar refractivity (Wildman–Crippen MR) is 82.1 cm³/mol. The number of benzene rings is 1. The molecule has 0 spiro atoms. The zero-order valence-corrected chi connectivity index (χ0v) is 12.4. The summed E-state index contributed by atoms with van der Waals surface area (Å²) in [5.41, 5.74) is 3.72. The highest BCUT2D eigenvalue weighted by Gasteiger charge is 2.17. The van der Waals surface area contributed by atoms with E-state index in [9.17, 15) is 0 Å². The summed E-state index contributed by atoms with van der Waals surface area (Å²) in [6.07, 6.45) is 4.63. The second kappa shape index (κ2) is 7.06. The maximum absolute atomic E-state index is 5.44. The van der Waals surface area contributed by atoms with E-state index in [0.29, 0.717) is 0 Å². The van der Waals surface area contributed by atoms with E-state index in [1.165, 1.54) is 11.1 Å². The highest BCUT2D eigenvalue weighted by molar-refractivity contribution is 5.40. The van der Waals surface area contributed by atoms with Crippen molar-refractivity contribution in [2.75, 3.05) is 13.7 Å². The molecule has 1 aromatic carbocycles. The highest BCUT2D eigenvalue weighted by Crippen LogP contribution is 2.29. The third kappa shape index (κ3) is 3.17.